The monoisotopic (exact) mass is 314 g/mol. The number of hydrogen-bond acceptors (Lipinski definition) is 4. The van der Waals surface area contributed by atoms with Gasteiger partial charge in [0.15, 0.2) is 0 Å². The average Bonchev–Trinajstić information content (AvgIpc) is 3.07. The SMILES string of the molecule is CN(CC1CCC1)S(=O)(=O)c1csc(CNC2CC2)c1. The molecule has 6 heteroatoms. The highest BCUT2D eigenvalue weighted by Gasteiger charge is 2.27. The Morgan fingerprint density at radius 3 is 2.70 bits per heavy atom. The summed E-state index contributed by atoms with van der Waals surface area (Å²) in [5.41, 5.74) is 0. The lowest BCUT2D eigenvalue weighted by Gasteiger charge is -2.29. The van der Waals surface area contributed by atoms with Crippen molar-refractivity contribution in [2.45, 2.75) is 49.6 Å². The standard InChI is InChI=1S/C14H22N2O2S2/c1-16(9-11-3-2-4-11)20(17,18)14-7-13(19-10-14)8-15-12-5-6-12/h7,10-12,15H,2-6,8-9H2,1H3. The zero-order chi connectivity index (χ0) is 14.2. The van der Waals surface area contributed by atoms with Crippen molar-refractivity contribution in [3.05, 3.63) is 16.3 Å². The van der Waals surface area contributed by atoms with Crippen LogP contribution in [0.3, 0.4) is 0 Å². The Balaban J connectivity index is 1.62. The minimum atomic E-state index is -3.30. The van der Waals surface area contributed by atoms with E-state index < -0.39 is 10.0 Å². The molecule has 2 saturated carbocycles. The van der Waals surface area contributed by atoms with Crippen LogP contribution in [0.15, 0.2) is 16.3 Å². The fraction of sp³-hybridized carbons (Fsp3) is 0.714. The molecule has 20 heavy (non-hydrogen) atoms. The lowest BCUT2D eigenvalue weighted by atomic mass is 9.86. The maximum atomic E-state index is 12.5. The van der Waals surface area contributed by atoms with Crippen molar-refractivity contribution in [2.24, 2.45) is 5.92 Å². The first-order valence-corrected chi connectivity index (χ1v) is 9.65. The van der Waals surface area contributed by atoms with Crippen molar-refractivity contribution in [1.82, 2.24) is 9.62 Å². The molecule has 0 unspecified atom stereocenters. The molecule has 3 rings (SSSR count). The van der Waals surface area contributed by atoms with Gasteiger partial charge >= 0.3 is 0 Å². The molecule has 2 aliphatic carbocycles. The molecule has 0 aromatic carbocycles. The van der Waals surface area contributed by atoms with Gasteiger partial charge in [-0.25, -0.2) is 12.7 Å². The van der Waals surface area contributed by atoms with Crippen molar-refractivity contribution in [3.8, 4) is 0 Å². The van der Waals surface area contributed by atoms with Crippen LogP contribution in [0, 0.1) is 5.92 Å². The van der Waals surface area contributed by atoms with Gasteiger partial charge in [-0.05, 0) is 37.7 Å². The molecule has 2 aliphatic rings. The van der Waals surface area contributed by atoms with Crippen LogP contribution in [-0.4, -0.2) is 32.4 Å². The Morgan fingerprint density at radius 2 is 2.10 bits per heavy atom. The third kappa shape index (κ3) is 3.24. The molecule has 0 aliphatic heterocycles. The molecule has 0 radical (unpaired) electrons. The molecular formula is C14H22N2O2S2. The minimum Gasteiger partial charge on any atom is -0.309 e. The summed E-state index contributed by atoms with van der Waals surface area (Å²) in [7, 11) is -1.59. The maximum absolute atomic E-state index is 12.5. The predicted octanol–water partition coefficient (Wildman–Crippen LogP) is 2.42. The van der Waals surface area contributed by atoms with E-state index in [0.717, 1.165) is 11.4 Å². The number of nitrogens with zero attached hydrogens (tertiary/aromatic N) is 1. The van der Waals surface area contributed by atoms with Crippen molar-refractivity contribution in [2.75, 3.05) is 13.6 Å². The second kappa shape index (κ2) is 5.75. The third-order valence-electron chi connectivity index (χ3n) is 4.22. The van der Waals surface area contributed by atoms with E-state index in [-0.39, 0.29) is 0 Å². The highest BCUT2D eigenvalue weighted by molar-refractivity contribution is 7.89. The van der Waals surface area contributed by atoms with Crippen molar-refractivity contribution >= 4 is 21.4 Å². The van der Waals surface area contributed by atoms with Crippen LogP contribution >= 0.6 is 11.3 Å². The Kier molecular flexibility index (Phi) is 4.17. The van der Waals surface area contributed by atoms with Crippen LogP contribution in [0.1, 0.15) is 37.0 Å². The van der Waals surface area contributed by atoms with Crippen LogP contribution in [0.2, 0.25) is 0 Å². The molecule has 0 spiro atoms. The molecule has 1 N–H and O–H groups in total. The number of sulfonamides is 1. The summed E-state index contributed by atoms with van der Waals surface area (Å²) in [5.74, 6) is 0.560. The summed E-state index contributed by atoms with van der Waals surface area (Å²) in [6.45, 7) is 1.45. The zero-order valence-electron chi connectivity index (χ0n) is 11.8. The lowest BCUT2D eigenvalue weighted by Crippen LogP contribution is -2.34. The van der Waals surface area contributed by atoms with E-state index in [1.165, 1.54) is 47.7 Å². The fourth-order valence-corrected chi connectivity index (χ4v) is 4.90. The Bertz CT molecular complexity index is 559. The van der Waals surface area contributed by atoms with Crippen molar-refractivity contribution in [3.63, 3.8) is 0 Å². The van der Waals surface area contributed by atoms with Crippen LogP contribution in [-0.2, 0) is 16.6 Å². The zero-order valence-corrected chi connectivity index (χ0v) is 13.5. The van der Waals surface area contributed by atoms with Crippen LogP contribution < -0.4 is 5.32 Å². The van der Waals surface area contributed by atoms with Gasteiger partial charge in [0.2, 0.25) is 10.0 Å². The van der Waals surface area contributed by atoms with E-state index in [9.17, 15) is 8.42 Å². The van der Waals surface area contributed by atoms with Gasteiger partial charge in [-0.2, -0.15) is 0 Å². The molecule has 1 heterocycles. The summed E-state index contributed by atoms with van der Waals surface area (Å²) in [6.07, 6.45) is 6.08. The van der Waals surface area contributed by atoms with Gasteiger partial charge in [-0.3, -0.25) is 0 Å². The molecule has 0 bridgehead atoms. The molecule has 0 atom stereocenters. The molecule has 112 valence electrons. The van der Waals surface area contributed by atoms with Gasteiger partial charge in [0.25, 0.3) is 0 Å². The van der Waals surface area contributed by atoms with Gasteiger partial charge in [-0.1, -0.05) is 6.42 Å². The third-order valence-corrected chi connectivity index (χ3v) is 7.11. The van der Waals surface area contributed by atoms with Crippen molar-refractivity contribution in [1.29, 1.82) is 0 Å². The van der Waals surface area contributed by atoms with E-state index >= 15 is 0 Å². The summed E-state index contributed by atoms with van der Waals surface area (Å²) in [4.78, 5) is 1.56. The maximum Gasteiger partial charge on any atom is 0.243 e. The van der Waals surface area contributed by atoms with Gasteiger partial charge < -0.3 is 5.32 Å². The molecule has 4 nitrogen and oxygen atoms in total. The first kappa shape index (κ1) is 14.5. The average molecular weight is 314 g/mol. The van der Waals surface area contributed by atoms with E-state index in [0.29, 0.717) is 23.4 Å². The van der Waals surface area contributed by atoms with Crippen LogP contribution in [0.25, 0.3) is 0 Å². The van der Waals surface area contributed by atoms with Crippen molar-refractivity contribution < 1.29 is 8.42 Å². The van der Waals surface area contributed by atoms with Gasteiger partial charge in [0.1, 0.15) is 0 Å². The summed E-state index contributed by atoms with van der Waals surface area (Å²) in [6, 6.07) is 2.48. The number of nitrogens with one attached hydrogen (secondary N) is 1. The topological polar surface area (TPSA) is 49.4 Å². The highest BCUT2D eigenvalue weighted by Crippen LogP contribution is 2.29. The Labute approximate surface area is 125 Å². The fourth-order valence-electron chi connectivity index (χ4n) is 2.44. The second-order valence-electron chi connectivity index (χ2n) is 5.99. The minimum absolute atomic E-state index is 0.455. The summed E-state index contributed by atoms with van der Waals surface area (Å²) < 4.78 is 26.5. The highest BCUT2D eigenvalue weighted by atomic mass is 32.2. The molecular weight excluding hydrogens is 292 g/mol. The first-order chi connectivity index (χ1) is 9.55. The molecule has 0 saturated heterocycles. The number of hydrogen-bond donors (Lipinski definition) is 1. The van der Waals surface area contributed by atoms with Crippen LogP contribution in [0.4, 0.5) is 0 Å². The van der Waals surface area contributed by atoms with E-state index in [2.05, 4.69) is 5.32 Å². The number of thiophene rings is 1. The smallest absolute Gasteiger partial charge is 0.243 e. The molecule has 2 fully saturated rings. The van der Waals surface area contributed by atoms with E-state index in [1.807, 2.05) is 6.07 Å². The molecule has 1 aromatic heterocycles. The van der Waals surface area contributed by atoms with E-state index in [1.54, 1.807) is 12.4 Å². The second-order valence-corrected chi connectivity index (χ2v) is 9.03. The Morgan fingerprint density at radius 1 is 1.35 bits per heavy atom. The van der Waals surface area contributed by atoms with E-state index in [4.69, 9.17) is 0 Å². The lowest BCUT2D eigenvalue weighted by molar-refractivity contribution is 0.263. The van der Waals surface area contributed by atoms with Crippen LogP contribution in [0.5, 0.6) is 0 Å². The van der Waals surface area contributed by atoms with Gasteiger partial charge in [0.05, 0.1) is 4.90 Å². The summed E-state index contributed by atoms with van der Waals surface area (Å²) >= 11 is 1.53. The molecule has 1 aromatic rings. The van der Waals surface area contributed by atoms with Gasteiger partial charge in [-0.15, -0.1) is 11.3 Å². The Hall–Kier alpha value is -0.430. The molecule has 0 amide bonds. The quantitative estimate of drug-likeness (QED) is 0.841. The van der Waals surface area contributed by atoms with Gasteiger partial charge in [0, 0.05) is 36.4 Å². The largest absolute Gasteiger partial charge is 0.309 e. The predicted molar refractivity (Wildman–Crippen MR) is 81.3 cm³/mol. The number of rotatable bonds is 7. The first-order valence-electron chi connectivity index (χ1n) is 7.33. The summed E-state index contributed by atoms with van der Waals surface area (Å²) in [5, 5.41) is 5.19. The normalized spacial score (nSPS) is 20.3.